The molecule has 0 radical (unpaired) electrons. The first-order chi connectivity index (χ1) is 12.8. The van der Waals surface area contributed by atoms with Gasteiger partial charge in [-0.15, -0.1) is 13.2 Å². The van der Waals surface area contributed by atoms with Gasteiger partial charge in [0, 0.05) is 13.0 Å². The van der Waals surface area contributed by atoms with Crippen LogP contribution in [0.4, 0.5) is 23.8 Å². The third-order valence-electron chi connectivity index (χ3n) is 3.67. The number of alkyl halides is 3. The van der Waals surface area contributed by atoms with Crippen molar-refractivity contribution < 1.29 is 22.7 Å². The first kappa shape index (κ1) is 18.6. The van der Waals surface area contributed by atoms with Crippen LogP contribution < -0.4 is 10.6 Å². The number of pyridine rings is 1. The van der Waals surface area contributed by atoms with E-state index in [0.717, 1.165) is 5.57 Å². The average Bonchev–Trinajstić information content (AvgIpc) is 2.60. The van der Waals surface area contributed by atoms with Gasteiger partial charge in [-0.3, -0.25) is 10.3 Å². The quantitative estimate of drug-likeness (QED) is 0.844. The smallest absolute Gasteiger partial charge is 0.410 e. The molecule has 3 rings (SSSR count). The highest BCUT2D eigenvalue weighted by atomic mass is 19.4. The predicted octanol–water partition coefficient (Wildman–Crippen LogP) is 3.76. The van der Waals surface area contributed by atoms with Crippen molar-refractivity contribution >= 4 is 28.6 Å². The molecular formula is C17H16F3N5O2. The van der Waals surface area contributed by atoms with Gasteiger partial charge in [-0.05, 0) is 37.1 Å². The summed E-state index contributed by atoms with van der Waals surface area (Å²) in [5.74, 6) is 0.171. The van der Waals surface area contributed by atoms with Gasteiger partial charge in [0.1, 0.15) is 17.1 Å². The molecule has 0 bridgehead atoms. The van der Waals surface area contributed by atoms with E-state index >= 15 is 0 Å². The van der Waals surface area contributed by atoms with E-state index in [4.69, 9.17) is 0 Å². The van der Waals surface area contributed by atoms with E-state index in [1.165, 1.54) is 18.3 Å². The minimum Gasteiger partial charge on any atom is -0.410 e. The molecule has 0 unspecified atom stereocenters. The Kier molecular flexibility index (Phi) is 5.24. The molecule has 0 aliphatic heterocycles. The second kappa shape index (κ2) is 7.60. The number of hydrogen-bond acceptors (Lipinski definition) is 5. The molecule has 0 saturated heterocycles. The number of aromatic nitrogens is 3. The highest BCUT2D eigenvalue weighted by molar-refractivity contribution is 5.89. The van der Waals surface area contributed by atoms with Crippen LogP contribution in [0.3, 0.4) is 0 Å². The number of rotatable bonds is 4. The Morgan fingerprint density at radius 1 is 1.22 bits per heavy atom. The molecule has 7 nitrogen and oxygen atoms in total. The molecular weight excluding hydrogens is 363 g/mol. The zero-order valence-corrected chi connectivity index (χ0v) is 14.3. The lowest BCUT2D eigenvalue weighted by Gasteiger charge is -2.16. The van der Waals surface area contributed by atoms with Gasteiger partial charge < -0.3 is 10.1 Å². The first-order valence-corrected chi connectivity index (χ1v) is 8.18. The van der Waals surface area contributed by atoms with Crippen molar-refractivity contribution in [1.29, 1.82) is 0 Å². The topological polar surface area (TPSA) is 89.0 Å². The highest BCUT2D eigenvalue weighted by Crippen LogP contribution is 2.30. The summed E-state index contributed by atoms with van der Waals surface area (Å²) in [7, 11) is 0. The van der Waals surface area contributed by atoms with Gasteiger partial charge >= 0.3 is 12.4 Å². The largest absolute Gasteiger partial charge is 0.572 e. The number of nitrogens with one attached hydrogen (secondary N) is 2. The molecule has 0 fully saturated rings. The monoisotopic (exact) mass is 379 g/mol. The zero-order valence-electron chi connectivity index (χ0n) is 14.3. The number of hydrogen-bond donors (Lipinski definition) is 2. The maximum Gasteiger partial charge on any atom is 0.572 e. The molecule has 10 heteroatoms. The van der Waals surface area contributed by atoms with Gasteiger partial charge in [0.05, 0.1) is 11.9 Å². The molecule has 0 aromatic carbocycles. The number of halogens is 3. The average molecular weight is 379 g/mol. The van der Waals surface area contributed by atoms with Gasteiger partial charge in [0.2, 0.25) is 0 Å². The van der Waals surface area contributed by atoms with E-state index in [0.29, 0.717) is 35.6 Å². The van der Waals surface area contributed by atoms with Crippen molar-refractivity contribution in [2.24, 2.45) is 0 Å². The second-order valence-electron chi connectivity index (χ2n) is 5.65. The third kappa shape index (κ3) is 4.93. The Morgan fingerprint density at radius 3 is 2.70 bits per heavy atom. The van der Waals surface area contributed by atoms with Crippen molar-refractivity contribution in [3.05, 3.63) is 41.9 Å². The SMILES string of the molecule is CCNC(=O)Nc1ccc2ncc(C3=CC=C(OC(F)(F)F)CC3)nc2n1. The number of ether oxygens (including phenoxy) is 1. The number of carbonyl (C=O) groups is 1. The van der Waals surface area contributed by atoms with Crippen molar-refractivity contribution in [3.8, 4) is 0 Å². The van der Waals surface area contributed by atoms with E-state index in [1.54, 1.807) is 19.1 Å². The van der Waals surface area contributed by atoms with E-state index < -0.39 is 6.36 Å². The van der Waals surface area contributed by atoms with E-state index in [2.05, 4.69) is 30.3 Å². The van der Waals surface area contributed by atoms with Gasteiger partial charge in [0.25, 0.3) is 0 Å². The lowest BCUT2D eigenvalue weighted by atomic mass is 10.0. The summed E-state index contributed by atoms with van der Waals surface area (Å²) in [6.07, 6.45) is 0.0830. The van der Waals surface area contributed by atoms with Crippen LogP contribution in [-0.4, -0.2) is 33.9 Å². The van der Waals surface area contributed by atoms with E-state index in [1.807, 2.05) is 0 Å². The molecule has 2 amide bonds. The normalized spacial score (nSPS) is 14.4. The van der Waals surface area contributed by atoms with Crippen molar-refractivity contribution in [1.82, 2.24) is 20.3 Å². The summed E-state index contributed by atoms with van der Waals surface area (Å²) in [5.41, 5.74) is 2.09. The van der Waals surface area contributed by atoms with Crippen LogP contribution in [0, 0.1) is 0 Å². The number of urea groups is 1. The minimum absolute atomic E-state index is 0.108. The summed E-state index contributed by atoms with van der Waals surface area (Å²) in [6.45, 7) is 2.27. The predicted molar refractivity (Wildman–Crippen MR) is 92.5 cm³/mol. The molecule has 27 heavy (non-hydrogen) atoms. The molecule has 1 aliphatic carbocycles. The molecule has 2 aromatic heterocycles. The summed E-state index contributed by atoms with van der Waals surface area (Å²) >= 11 is 0. The molecule has 2 N–H and O–H groups in total. The van der Waals surface area contributed by atoms with Crippen LogP contribution in [0.5, 0.6) is 0 Å². The van der Waals surface area contributed by atoms with Crippen LogP contribution in [0.2, 0.25) is 0 Å². The second-order valence-corrected chi connectivity index (χ2v) is 5.65. The van der Waals surface area contributed by atoms with Crippen LogP contribution in [-0.2, 0) is 4.74 Å². The number of allylic oxidation sites excluding steroid dienone is 4. The first-order valence-electron chi connectivity index (χ1n) is 8.18. The Labute approximate surface area is 152 Å². The minimum atomic E-state index is -4.70. The molecule has 0 saturated carbocycles. The van der Waals surface area contributed by atoms with Crippen molar-refractivity contribution in [2.45, 2.75) is 26.1 Å². The molecule has 2 aromatic rings. The van der Waals surface area contributed by atoms with Gasteiger partial charge in [-0.25, -0.2) is 14.8 Å². The van der Waals surface area contributed by atoms with Gasteiger partial charge in [-0.1, -0.05) is 6.08 Å². The van der Waals surface area contributed by atoms with Gasteiger partial charge in [0.15, 0.2) is 5.65 Å². The molecule has 1 aliphatic rings. The lowest BCUT2D eigenvalue weighted by molar-refractivity contribution is -0.306. The Bertz CT molecular complexity index is 924. The Hall–Kier alpha value is -3.17. The number of fused-ring (bicyclic) bond motifs is 1. The third-order valence-corrected chi connectivity index (χ3v) is 3.67. The number of anilines is 1. The maximum atomic E-state index is 12.3. The summed E-state index contributed by atoms with van der Waals surface area (Å²) in [5, 5.41) is 5.18. The molecule has 2 heterocycles. The van der Waals surface area contributed by atoms with Crippen LogP contribution in [0.25, 0.3) is 16.7 Å². The van der Waals surface area contributed by atoms with Crippen molar-refractivity contribution in [3.63, 3.8) is 0 Å². The Balaban J connectivity index is 1.82. The summed E-state index contributed by atoms with van der Waals surface area (Å²) in [4.78, 5) is 24.5. The number of carbonyl (C=O) groups excluding carboxylic acids is 1. The zero-order chi connectivity index (χ0) is 19.4. The van der Waals surface area contributed by atoms with Crippen LogP contribution in [0.1, 0.15) is 25.5 Å². The fourth-order valence-corrected chi connectivity index (χ4v) is 2.51. The van der Waals surface area contributed by atoms with E-state index in [-0.39, 0.29) is 18.2 Å². The highest BCUT2D eigenvalue weighted by Gasteiger charge is 2.32. The molecule has 0 atom stereocenters. The fourth-order valence-electron chi connectivity index (χ4n) is 2.51. The number of nitrogens with zero attached hydrogens (tertiary/aromatic N) is 3. The van der Waals surface area contributed by atoms with E-state index in [9.17, 15) is 18.0 Å². The van der Waals surface area contributed by atoms with Crippen molar-refractivity contribution in [2.75, 3.05) is 11.9 Å². The standard InChI is InChI=1S/C17H16F3N5O2/c1-2-21-16(26)25-14-8-7-12-15(24-14)23-13(9-22-12)10-3-5-11(6-4-10)27-17(18,19)20/h3,5,7-9H,2,4,6H2,1H3,(H2,21,23,24,25,26). The Morgan fingerprint density at radius 2 is 2.04 bits per heavy atom. The van der Waals surface area contributed by atoms with Crippen LogP contribution >= 0.6 is 0 Å². The fraction of sp³-hybridized carbons (Fsp3) is 0.294. The maximum absolute atomic E-state index is 12.3. The molecule has 0 spiro atoms. The van der Waals surface area contributed by atoms with Gasteiger partial charge in [-0.2, -0.15) is 0 Å². The van der Waals surface area contributed by atoms with Crippen LogP contribution in [0.15, 0.2) is 36.2 Å². The number of amides is 2. The lowest BCUT2D eigenvalue weighted by Crippen LogP contribution is -2.28. The molecule has 142 valence electrons. The summed E-state index contributed by atoms with van der Waals surface area (Å²) < 4.78 is 40.7. The summed E-state index contributed by atoms with van der Waals surface area (Å²) in [6, 6.07) is 2.89.